The van der Waals surface area contributed by atoms with Crippen LogP contribution in [0.15, 0.2) is 101 Å². The van der Waals surface area contributed by atoms with Gasteiger partial charge in [-0.1, -0.05) is 54.2 Å². The number of carbonyl (C=O) groups excluding carboxylic acids is 2. The fraction of sp³-hybridized carbons (Fsp3) is 0.188. The van der Waals surface area contributed by atoms with Gasteiger partial charge in [0, 0.05) is 43.1 Å². The Kier molecular flexibility index (Phi) is 8.05. The summed E-state index contributed by atoms with van der Waals surface area (Å²) in [6.45, 7) is 2.67. The number of hydrogen-bond acceptors (Lipinski definition) is 8. The monoisotopic (exact) mass is 579 g/mol. The summed E-state index contributed by atoms with van der Waals surface area (Å²) in [4.78, 5) is 29.7. The lowest BCUT2D eigenvalue weighted by atomic mass is 10.1. The first-order valence-corrected chi connectivity index (χ1v) is 14.6. The molecule has 2 amide bonds. The van der Waals surface area contributed by atoms with Crippen molar-refractivity contribution in [1.82, 2.24) is 15.1 Å². The molecule has 0 spiro atoms. The van der Waals surface area contributed by atoms with Gasteiger partial charge in [-0.25, -0.2) is 0 Å². The van der Waals surface area contributed by atoms with Gasteiger partial charge in [-0.05, 0) is 59.3 Å². The third-order valence-electron chi connectivity index (χ3n) is 7.15. The highest BCUT2D eigenvalue weighted by Crippen LogP contribution is 2.27. The molecule has 0 aliphatic carbocycles. The van der Waals surface area contributed by atoms with Gasteiger partial charge in [0.15, 0.2) is 0 Å². The molecule has 0 bridgehead atoms. The molecule has 0 radical (unpaired) electrons. The molecule has 2 heterocycles. The van der Waals surface area contributed by atoms with Crippen molar-refractivity contribution in [3.05, 3.63) is 96.6 Å². The van der Waals surface area contributed by atoms with Crippen LogP contribution in [0.5, 0.6) is 5.75 Å². The number of benzene rings is 4. The minimum Gasteiger partial charge on any atom is -0.496 e. The van der Waals surface area contributed by atoms with Crippen molar-refractivity contribution in [1.29, 1.82) is 0 Å². The molecule has 1 saturated heterocycles. The predicted molar refractivity (Wildman–Crippen MR) is 164 cm³/mol. The molecule has 0 saturated carbocycles. The molecule has 212 valence electrons. The van der Waals surface area contributed by atoms with Crippen molar-refractivity contribution in [2.45, 2.75) is 5.22 Å². The van der Waals surface area contributed by atoms with Gasteiger partial charge >= 0.3 is 0 Å². The van der Waals surface area contributed by atoms with Crippen LogP contribution in [0.2, 0.25) is 0 Å². The van der Waals surface area contributed by atoms with Crippen LogP contribution in [0.25, 0.3) is 22.2 Å². The first-order chi connectivity index (χ1) is 20.6. The third kappa shape index (κ3) is 6.08. The molecule has 1 aliphatic rings. The Bertz CT molecular complexity index is 1710. The minimum atomic E-state index is -0.165. The van der Waals surface area contributed by atoms with Crippen LogP contribution in [0, 0.1) is 0 Å². The van der Waals surface area contributed by atoms with Gasteiger partial charge < -0.3 is 24.3 Å². The van der Waals surface area contributed by atoms with Crippen LogP contribution < -0.4 is 15.0 Å². The first kappa shape index (κ1) is 27.3. The number of rotatable bonds is 8. The Morgan fingerprint density at radius 2 is 1.62 bits per heavy atom. The Morgan fingerprint density at radius 1 is 0.881 bits per heavy atom. The number of anilines is 2. The predicted octanol–water partition coefficient (Wildman–Crippen LogP) is 5.59. The highest BCUT2D eigenvalue weighted by molar-refractivity contribution is 7.99. The van der Waals surface area contributed by atoms with E-state index in [0.717, 1.165) is 22.0 Å². The zero-order chi connectivity index (χ0) is 28.9. The Balaban J connectivity index is 0.984. The van der Waals surface area contributed by atoms with E-state index < -0.39 is 0 Å². The van der Waals surface area contributed by atoms with Crippen LogP contribution in [-0.4, -0.2) is 66.0 Å². The van der Waals surface area contributed by atoms with Crippen molar-refractivity contribution < 1.29 is 18.7 Å². The van der Waals surface area contributed by atoms with Crippen molar-refractivity contribution in [2.75, 3.05) is 49.3 Å². The summed E-state index contributed by atoms with van der Waals surface area (Å²) in [7, 11) is 1.57. The van der Waals surface area contributed by atoms with E-state index in [9.17, 15) is 9.59 Å². The van der Waals surface area contributed by atoms with Gasteiger partial charge in [-0.2, -0.15) is 0 Å². The number of para-hydroxylation sites is 1. The molecule has 9 nitrogen and oxygen atoms in total. The van der Waals surface area contributed by atoms with Crippen molar-refractivity contribution >= 4 is 45.7 Å². The average Bonchev–Trinajstić information content (AvgIpc) is 3.53. The maximum Gasteiger partial charge on any atom is 0.277 e. The van der Waals surface area contributed by atoms with E-state index in [1.165, 1.54) is 11.8 Å². The molecule has 1 aromatic heterocycles. The molecule has 0 atom stereocenters. The van der Waals surface area contributed by atoms with Gasteiger partial charge in [0.1, 0.15) is 5.75 Å². The number of nitrogens with one attached hydrogen (secondary N) is 1. The van der Waals surface area contributed by atoms with E-state index in [4.69, 9.17) is 9.15 Å². The SMILES string of the molecule is COc1ccccc1C(=O)N1CCN(c2ccc(NC(=O)CSc3nnc(-c4ccc5ccccc5c4)o3)cc2)CC1. The number of hydrogen-bond donors (Lipinski definition) is 1. The largest absolute Gasteiger partial charge is 0.496 e. The van der Waals surface area contributed by atoms with Crippen LogP contribution >= 0.6 is 11.8 Å². The molecule has 4 aromatic carbocycles. The van der Waals surface area contributed by atoms with Crippen LogP contribution in [0.1, 0.15) is 10.4 Å². The Hall–Kier alpha value is -4.83. The van der Waals surface area contributed by atoms with Crippen LogP contribution in [0.3, 0.4) is 0 Å². The van der Waals surface area contributed by atoms with Gasteiger partial charge in [0.2, 0.25) is 11.8 Å². The molecule has 1 fully saturated rings. The number of nitrogens with zero attached hydrogens (tertiary/aromatic N) is 4. The van der Waals surface area contributed by atoms with Crippen LogP contribution in [-0.2, 0) is 4.79 Å². The summed E-state index contributed by atoms with van der Waals surface area (Å²) in [5.41, 5.74) is 3.16. The number of piperazine rings is 1. The van der Waals surface area contributed by atoms with Gasteiger partial charge in [-0.3, -0.25) is 9.59 Å². The van der Waals surface area contributed by atoms with Gasteiger partial charge in [0.25, 0.3) is 11.1 Å². The number of amides is 2. The first-order valence-electron chi connectivity index (χ1n) is 13.6. The fourth-order valence-corrected chi connectivity index (χ4v) is 5.51. The minimum absolute atomic E-state index is 0.0199. The zero-order valence-electron chi connectivity index (χ0n) is 23.0. The normalized spacial score (nSPS) is 13.3. The van der Waals surface area contributed by atoms with E-state index in [1.807, 2.05) is 77.7 Å². The van der Waals surface area contributed by atoms with E-state index in [0.29, 0.717) is 54.3 Å². The highest BCUT2D eigenvalue weighted by Gasteiger charge is 2.24. The number of aromatic nitrogens is 2. The van der Waals surface area contributed by atoms with E-state index in [1.54, 1.807) is 19.2 Å². The number of methoxy groups -OCH3 is 1. The fourth-order valence-electron chi connectivity index (χ4n) is 4.95. The lowest BCUT2D eigenvalue weighted by molar-refractivity contribution is -0.113. The number of ether oxygens (including phenoxy) is 1. The topological polar surface area (TPSA) is 101 Å². The quantitative estimate of drug-likeness (QED) is 0.238. The highest BCUT2D eigenvalue weighted by atomic mass is 32.2. The summed E-state index contributed by atoms with van der Waals surface area (Å²) < 4.78 is 11.1. The van der Waals surface area contributed by atoms with Crippen molar-refractivity contribution in [3.63, 3.8) is 0 Å². The molecular formula is C32H29N5O4S. The number of thioether (sulfide) groups is 1. The Morgan fingerprint density at radius 3 is 2.40 bits per heavy atom. The van der Waals surface area contributed by atoms with Gasteiger partial charge in [0.05, 0.1) is 18.4 Å². The molecule has 1 N–H and O–H groups in total. The molecule has 1 aliphatic heterocycles. The summed E-state index contributed by atoms with van der Waals surface area (Å²) in [6.07, 6.45) is 0. The second-order valence-electron chi connectivity index (χ2n) is 9.80. The molecule has 5 aromatic rings. The smallest absolute Gasteiger partial charge is 0.277 e. The van der Waals surface area contributed by atoms with E-state index in [-0.39, 0.29) is 17.6 Å². The van der Waals surface area contributed by atoms with Gasteiger partial charge in [-0.15, -0.1) is 10.2 Å². The zero-order valence-corrected chi connectivity index (χ0v) is 23.8. The maximum atomic E-state index is 13.0. The number of fused-ring (bicyclic) bond motifs is 1. The molecular weight excluding hydrogens is 550 g/mol. The lowest BCUT2D eigenvalue weighted by Gasteiger charge is -2.36. The average molecular weight is 580 g/mol. The maximum absolute atomic E-state index is 13.0. The summed E-state index contributed by atoms with van der Waals surface area (Å²) >= 11 is 1.20. The van der Waals surface area contributed by atoms with Crippen molar-refractivity contribution in [2.24, 2.45) is 0 Å². The Labute approximate surface area is 247 Å². The molecule has 42 heavy (non-hydrogen) atoms. The second-order valence-corrected chi connectivity index (χ2v) is 10.7. The standard InChI is InChI=1S/C32H29N5O4S/c1-40-28-9-5-4-8-27(28)31(39)37-18-16-36(17-19-37)26-14-12-25(13-15-26)33-29(38)21-42-32-35-34-30(41-32)24-11-10-22-6-2-3-7-23(22)20-24/h2-15,20H,16-19,21H2,1H3,(H,33,38). The van der Waals surface area contributed by atoms with Crippen molar-refractivity contribution in [3.8, 4) is 17.2 Å². The lowest BCUT2D eigenvalue weighted by Crippen LogP contribution is -2.48. The summed E-state index contributed by atoms with van der Waals surface area (Å²) in [5.74, 6) is 0.965. The summed E-state index contributed by atoms with van der Waals surface area (Å²) in [6, 6.07) is 29.1. The second kappa shape index (κ2) is 12.4. The number of carbonyl (C=O) groups is 2. The third-order valence-corrected chi connectivity index (χ3v) is 7.97. The van der Waals surface area contributed by atoms with E-state index in [2.05, 4.69) is 26.5 Å². The molecule has 6 rings (SSSR count). The summed E-state index contributed by atoms with van der Waals surface area (Å²) in [5, 5.41) is 13.7. The van der Waals surface area contributed by atoms with Crippen LogP contribution in [0.4, 0.5) is 11.4 Å². The van der Waals surface area contributed by atoms with E-state index >= 15 is 0 Å². The molecule has 10 heteroatoms. The molecule has 0 unspecified atom stereocenters.